The van der Waals surface area contributed by atoms with Gasteiger partial charge in [0, 0.05) is 12.8 Å². The molecule has 0 saturated carbocycles. The zero-order valence-corrected chi connectivity index (χ0v) is 44.0. The van der Waals surface area contributed by atoms with Gasteiger partial charge in [-0.25, -0.2) is 0 Å². The van der Waals surface area contributed by atoms with Gasteiger partial charge in [0.15, 0.2) is 0 Å². The van der Waals surface area contributed by atoms with Gasteiger partial charge in [-0.3, -0.25) is 9.59 Å². The summed E-state index contributed by atoms with van der Waals surface area (Å²) in [7, 11) is 0. The summed E-state index contributed by atoms with van der Waals surface area (Å²) in [5, 5.41) is 23.2. The second-order valence-corrected chi connectivity index (χ2v) is 20.3. The van der Waals surface area contributed by atoms with Crippen LogP contribution in [-0.4, -0.2) is 47.4 Å². The van der Waals surface area contributed by atoms with E-state index in [0.717, 1.165) is 38.5 Å². The van der Waals surface area contributed by atoms with Crippen molar-refractivity contribution in [3.8, 4) is 0 Å². The van der Waals surface area contributed by atoms with E-state index in [1.54, 1.807) is 0 Å². The Morgan fingerprint density at radius 2 is 0.723 bits per heavy atom. The summed E-state index contributed by atoms with van der Waals surface area (Å²) in [5.41, 5.74) is 0. The number of aliphatic hydroxyl groups excluding tert-OH is 2. The van der Waals surface area contributed by atoms with Crippen LogP contribution in [0, 0.1) is 0 Å². The van der Waals surface area contributed by atoms with E-state index >= 15 is 0 Å². The molecule has 0 aromatic heterocycles. The Kier molecular flexibility index (Phi) is 54.0. The molecule has 0 aliphatic carbocycles. The Balaban J connectivity index is 3.39. The number of hydrogen-bond acceptors (Lipinski definition) is 5. The first-order valence-corrected chi connectivity index (χ1v) is 29.4. The van der Waals surface area contributed by atoms with Crippen LogP contribution in [0.25, 0.3) is 0 Å². The highest BCUT2D eigenvalue weighted by Gasteiger charge is 2.20. The average molecular weight is 919 g/mol. The predicted molar refractivity (Wildman–Crippen MR) is 283 cm³/mol. The number of ether oxygens (including phenoxy) is 1. The van der Waals surface area contributed by atoms with Crippen LogP contribution in [0.15, 0.2) is 12.2 Å². The molecule has 0 aromatic rings. The minimum absolute atomic E-state index is 0.0126. The van der Waals surface area contributed by atoms with Gasteiger partial charge in [0.05, 0.1) is 25.4 Å². The van der Waals surface area contributed by atoms with Gasteiger partial charge < -0.3 is 20.3 Å². The first-order chi connectivity index (χ1) is 32.0. The van der Waals surface area contributed by atoms with Crippen molar-refractivity contribution in [1.29, 1.82) is 0 Å². The monoisotopic (exact) mass is 918 g/mol. The van der Waals surface area contributed by atoms with Gasteiger partial charge in [-0.1, -0.05) is 276 Å². The molecule has 0 fully saturated rings. The van der Waals surface area contributed by atoms with Crippen molar-refractivity contribution in [3.05, 3.63) is 12.2 Å². The van der Waals surface area contributed by atoms with Crippen LogP contribution < -0.4 is 5.32 Å². The zero-order chi connectivity index (χ0) is 47.2. The lowest BCUT2D eigenvalue weighted by Gasteiger charge is -2.22. The Morgan fingerprint density at radius 1 is 0.415 bits per heavy atom. The molecule has 0 radical (unpaired) electrons. The van der Waals surface area contributed by atoms with Crippen molar-refractivity contribution in [3.63, 3.8) is 0 Å². The third-order valence-corrected chi connectivity index (χ3v) is 13.8. The van der Waals surface area contributed by atoms with E-state index in [0.29, 0.717) is 25.9 Å². The number of unbranched alkanes of at least 4 members (excludes halogenated alkanes) is 42. The number of amides is 1. The summed E-state index contributed by atoms with van der Waals surface area (Å²) in [4.78, 5) is 24.5. The Bertz CT molecular complexity index is 970. The highest BCUT2D eigenvalue weighted by Crippen LogP contribution is 2.17. The summed E-state index contributed by atoms with van der Waals surface area (Å²) in [5.74, 6) is -0.0286. The van der Waals surface area contributed by atoms with E-state index in [4.69, 9.17) is 4.74 Å². The number of carbonyl (C=O) groups is 2. The smallest absolute Gasteiger partial charge is 0.305 e. The van der Waals surface area contributed by atoms with Gasteiger partial charge in [-0.2, -0.15) is 0 Å². The highest BCUT2D eigenvalue weighted by atomic mass is 16.5. The first-order valence-electron chi connectivity index (χ1n) is 29.4. The lowest BCUT2D eigenvalue weighted by Crippen LogP contribution is -2.45. The summed E-state index contributed by atoms with van der Waals surface area (Å²) in [6.07, 6.45) is 65.0. The van der Waals surface area contributed by atoms with Crippen molar-refractivity contribution in [2.45, 2.75) is 341 Å². The summed E-state index contributed by atoms with van der Waals surface area (Å²) in [6, 6.07) is -0.544. The van der Waals surface area contributed by atoms with Gasteiger partial charge in [0.2, 0.25) is 5.91 Å². The molecular formula is C59H115NO5. The van der Waals surface area contributed by atoms with Gasteiger partial charge in [-0.15, -0.1) is 0 Å². The Labute approximate surface area is 406 Å². The quantitative estimate of drug-likeness (QED) is 0.0321. The molecule has 0 rings (SSSR count). The molecule has 2 unspecified atom stereocenters. The number of rotatable bonds is 55. The van der Waals surface area contributed by atoms with Crippen LogP contribution >= 0.6 is 0 Å². The van der Waals surface area contributed by atoms with E-state index in [1.807, 2.05) is 0 Å². The second-order valence-electron chi connectivity index (χ2n) is 20.3. The summed E-state index contributed by atoms with van der Waals surface area (Å²) >= 11 is 0. The van der Waals surface area contributed by atoms with Crippen molar-refractivity contribution in [1.82, 2.24) is 5.32 Å². The highest BCUT2D eigenvalue weighted by molar-refractivity contribution is 5.76. The van der Waals surface area contributed by atoms with Crippen LogP contribution in [0.4, 0.5) is 0 Å². The first kappa shape index (κ1) is 63.6. The molecule has 65 heavy (non-hydrogen) atoms. The van der Waals surface area contributed by atoms with E-state index < -0.39 is 12.1 Å². The van der Waals surface area contributed by atoms with E-state index in [1.165, 1.54) is 257 Å². The standard InChI is InChI=1S/C59H115NO5/c1-3-5-7-9-11-13-15-17-29-33-37-41-45-49-53-59(64)65-54-50-46-42-38-34-30-27-25-23-21-19-18-20-22-24-26-28-32-36-40-44-48-52-58(63)60-56(55-61)57(62)51-47-43-39-35-31-16-14-12-10-8-6-4-2/h20,22,56-57,61-62H,3-19,21,23-55H2,1-2H3,(H,60,63)/b22-20-. The molecule has 0 saturated heterocycles. The van der Waals surface area contributed by atoms with Gasteiger partial charge in [0.25, 0.3) is 0 Å². The molecule has 386 valence electrons. The van der Waals surface area contributed by atoms with Crippen LogP contribution in [0.3, 0.4) is 0 Å². The lowest BCUT2D eigenvalue weighted by atomic mass is 10.0. The fourth-order valence-electron chi connectivity index (χ4n) is 9.28. The molecule has 0 heterocycles. The van der Waals surface area contributed by atoms with Gasteiger partial charge in [0.1, 0.15) is 0 Å². The molecule has 6 nitrogen and oxygen atoms in total. The summed E-state index contributed by atoms with van der Waals surface area (Å²) in [6.45, 7) is 4.96. The molecule has 0 spiro atoms. The van der Waals surface area contributed by atoms with Crippen LogP contribution in [-0.2, 0) is 14.3 Å². The largest absolute Gasteiger partial charge is 0.466 e. The molecule has 0 bridgehead atoms. The lowest BCUT2D eigenvalue weighted by molar-refractivity contribution is -0.143. The third kappa shape index (κ3) is 51.8. The maximum Gasteiger partial charge on any atom is 0.305 e. The van der Waals surface area contributed by atoms with Crippen molar-refractivity contribution in [2.75, 3.05) is 13.2 Å². The number of esters is 1. The van der Waals surface area contributed by atoms with Crippen molar-refractivity contribution >= 4 is 11.9 Å². The number of nitrogens with one attached hydrogen (secondary N) is 1. The molecular weight excluding hydrogens is 803 g/mol. The maximum absolute atomic E-state index is 12.4. The Morgan fingerprint density at radius 3 is 1.09 bits per heavy atom. The molecule has 6 heteroatoms. The van der Waals surface area contributed by atoms with Crippen LogP contribution in [0.5, 0.6) is 0 Å². The predicted octanol–water partition coefficient (Wildman–Crippen LogP) is 18.1. The molecule has 0 aromatic carbocycles. The Hall–Kier alpha value is -1.40. The van der Waals surface area contributed by atoms with E-state index in [2.05, 4.69) is 31.3 Å². The number of carbonyl (C=O) groups excluding carboxylic acids is 2. The maximum atomic E-state index is 12.4. The third-order valence-electron chi connectivity index (χ3n) is 13.8. The summed E-state index contributed by atoms with van der Waals surface area (Å²) < 4.78 is 5.48. The molecule has 2 atom stereocenters. The molecule has 3 N–H and O–H groups in total. The number of allylic oxidation sites excluding steroid dienone is 2. The van der Waals surface area contributed by atoms with Crippen LogP contribution in [0.2, 0.25) is 0 Å². The van der Waals surface area contributed by atoms with Crippen molar-refractivity contribution < 1.29 is 24.5 Å². The molecule has 0 aliphatic rings. The minimum Gasteiger partial charge on any atom is -0.466 e. The van der Waals surface area contributed by atoms with Gasteiger partial charge in [-0.05, 0) is 51.4 Å². The van der Waals surface area contributed by atoms with Crippen molar-refractivity contribution in [2.24, 2.45) is 0 Å². The zero-order valence-electron chi connectivity index (χ0n) is 44.0. The number of aliphatic hydroxyl groups is 2. The molecule has 1 amide bonds. The topological polar surface area (TPSA) is 95.9 Å². The fraction of sp³-hybridized carbons (Fsp3) is 0.932. The van der Waals surface area contributed by atoms with E-state index in [-0.39, 0.29) is 18.5 Å². The van der Waals surface area contributed by atoms with Gasteiger partial charge >= 0.3 is 5.97 Å². The van der Waals surface area contributed by atoms with E-state index in [9.17, 15) is 19.8 Å². The number of hydrogen-bond donors (Lipinski definition) is 3. The van der Waals surface area contributed by atoms with Crippen LogP contribution in [0.1, 0.15) is 328 Å². The normalized spacial score (nSPS) is 12.6. The fourth-order valence-corrected chi connectivity index (χ4v) is 9.28. The SMILES string of the molecule is CCCCCCCCCCCCCCCCC(=O)OCCCCCCCCCCCCC/C=C\CCCCCCCCCC(=O)NC(CO)C(O)CCCCCCCCCCCCCC. The molecule has 0 aliphatic heterocycles. The average Bonchev–Trinajstić information content (AvgIpc) is 3.31. The second kappa shape index (κ2) is 55.2. The minimum atomic E-state index is -0.666.